The highest BCUT2D eigenvalue weighted by Gasteiger charge is 2.14. The highest BCUT2D eigenvalue weighted by molar-refractivity contribution is 7.90. The van der Waals surface area contributed by atoms with E-state index in [0.717, 1.165) is 23.1 Å². The molecule has 1 N–H and O–H groups in total. The van der Waals surface area contributed by atoms with Crippen LogP contribution in [0.1, 0.15) is 0 Å². The maximum Gasteiger partial charge on any atom is 0.247 e. The molecule has 0 amide bonds. The maximum atomic E-state index is 11.7. The van der Waals surface area contributed by atoms with Gasteiger partial charge in [0.1, 0.15) is 17.4 Å². The molecular weight excluding hydrogens is 362 g/mol. The van der Waals surface area contributed by atoms with Gasteiger partial charge in [-0.15, -0.1) is 0 Å². The van der Waals surface area contributed by atoms with E-state index in [1.165, 1.54) is 12.5 Å². The molecule has 0 saturated heterocycles. The van der Waals surface area contributed by atoms with Crippen LogP contribution in [0.15, 0.2) is 72.3 Å². The van der Waals surface area contributed by atoms with E-state index in [4.69, 9.17) is 0 Å². The molecule has 0 atom stereocenters. The molecule has 0 bridgehead atoms. The average Bonchev–Trinajstić information content (AvgIpc) is 2.68. The summed E-state index contributed by atoms with van der Waals surface area (Å²) >= 11 is 0. The number of sulfone groups is 1. The molecule has 27 heavy (non-hydrogen) atoms. The van der Waals surface area contributed by atoms with Crippen LogP contribution in [-0.2, 0) is 9.84 Å². The first-order valence-electron chi connectivity index (χ1n) is 8.11. The van der Waals surface area contributed by atoms with Crippen molar-refractivity contribution in [3.05, 3.63) is 67.1 Å². The molecule has 0 unspecified atom stereocenters. The second-order valence-corrected chi connectivity index (χ2v) is 7.86. The van der Waals surface area contributed by atoms with E-state index in [9.17, 15) is 8.42 Å². The zero-order chi connectivity index (χ0) is 18.9. The molecule has 2 aromatic heterocycles. The summed E-state index contributed by atoms with van der Waals surface area (Å²) in [6.07, 6.45) is 3.82. The van der Waals surface area contributed by atoms with E-state index in [1.54, 1.807) is 0 Å². The molecule has 0 aliphatic carbocycles. The molecule has 0 aliphatic heterocycles. The number of nitrogens with zero attached hydrogens (tertiary/aromatic N) is 4. The Morgan fingerprint density at radius 2 is 1.56 bits per heavy atom. The minimum Gasteiger partial charge on any atom is -0.338 e. The number of hydrogen-bond acceptors (Lipinski definition) is 7. The molecule has 7 nitrogen and oxygen atoms in total. The molecule has 4 aromatic rings. The molecule has 134 valence electrons. The minimum absolute atomic E-state index is 0.257. The number of hydrogen-bond donors (Lipinski definition) is 1. The van der Waals surface area contributed by atoms with Crippen molar-refractivity contribution in [3.8, 4) is 11.1 Å². The number of benzene rings is 2. The van der Waals surface area contributed by atoms with Gasteiger partial charge in [0.2, 0.25) is 15.0 Å². The summed E-state index contributed by atoms with van der Waals surface area (Å²) in [5.74, 6) is 0.416. The number of aromatic nitrogens is 4. The summed E-state index contributed by atoms with van der Waals surface area (Å²) < 4.78 is 23.5. The Morgan fingerprint density at radius 3 is 2.26 bits per heavy atom. The van der Waals surface area contributed by atoms with Crippen LogP contribution in [0, 0.1) is 0 Å². The topological polar surface area (TPSA) is 97.7 Å². The first-order chi connectivity index (χ1) is 13.0. The summed E-state index contributed by atoms with van der Waals surface area (Å²) in [4.78, 5) is 16.3. The molecular formula is C19H15N5O2S. The van der Waals surface area contributed by atoms with Crippen molar-refractivity contribution in [1.82, 2.24) is 19.9 Å². The second kappa shape index (κ2) is 6.73. The van der Waals surface area contributed by atoms with Crippen molar-refractivity contribution < 1.29 is 8.42 Å². The van der Waals surface area contributed by atoms with Crippen LogP contribution in [0.3, 0.4) is 0 Å². The molecule has 2 heterocycles. The third-order valence-electron chi connectivity index (χ3n) is 3.94. The zero-order valence-electron chi connectivity index (χ0n) is 14.4. The first kappa shape index (κ1) is 17.0. The Hall–Kier alpha value is -3.39. The van der Waals surface area contributed by atoms with Crippen molar-refractivity contribution in [2.45, 2.75) is 5.16 Å². The Balaban J connectivity index is 1.69. The lowest BCUT2D eigenvalue weighted by Gasteiger charge is -2.09. The Kier molecular flexibility index (Phi) is 4.25. The Bertz CT molecular complexity index is 1210. The van der Waals surface area contributed by atoms with E-state index in [2.05, 4.69) is 25.3 Å². The summed E-state index contributed by atoms with van der Waals surface area (Å²) in [6, 6.07) is 17.9. The van der Waals surface area contributed by atoms with Crippen LogP contribution in [0.5, 0.6) is 0 Å². The predicted molar refractivity (Wildman–Crippen MR) is 103 cm³/mol. The third kappa shape index (κ3) is 3.61. The van der Waals surface area contributed by atoms with Crippen LogP contribution in [0.2, 0.25) is 0 Å². The van der Waals surface area contributed by atoms with Gasteiger partial charge in [-0.2, -0.15) is 0 Å². The van der Waals surface area contributed by atoms with E-state index in [0.29, 0.717) is 16.9 Å². The average molecular weight is 377 g/mol. The fourth-order valence-corrected chi connectivity index (χ4v) is 3.12. The number of anilines is 2. The largest absolute Gasteiger partial charge is 0.338 e. The van der Waals surface area contributed by atoms with Crippen molar-refractivity contribution in [2.24, 2.45) is 0 Å². The lowest BCUT2D eigenvalue weighted by molar-refractivity contribution is 0.593. The lowest BCUT2D eigenvalue weighted by atomic mass is 10.1. The fraction of sp³-hybridized carbons (Fsp3) is 0.0526. The predicted octanol–water partition coefficient (Wildman–Crippen LogP) is 3.23. The summed E-state index contributed by atoms with van der Waals surface area (Å²) in [7, 11) is -3.53. The standard InChI is InChI=1S/C19H15N5O2S/c1-27(25,26)19-20-11-16-17(24-19)18(22-12-21-16)23-15-9-7-14(8-10-15)13-5-3-2-4-6-13/h2-12H,1H3,(H,21,22,23). The van der Waals surface area contributed by atoms with Gasteiger partial charge in [0.05, 0.1) is 6.20 Å². The number of rotatable bonds is 4. The molecule has 0 saturated carbocycles. The molecule has 0 radical (unpaired) electrons. The highest BCUT2D eigenvalue weighted by atomic mass is 32.2. The summed E-state index contributed by atoms with van der Waals surface area (Å²) in [5, 5.41) is 2.91. The molecule has 8 heteroatoms. The summed E-state index contributed by atoms with van der Waals surface area (Å²) in [6.45, 7) is 0. The molecule has 0 aliphatic rings. The Morgan fingerprint density at radius 1 is 0.852 bits per heavy atom. The van der Waals surface area contributed by atoms with Gasteiger partial charge in [-0.05, 0) is 23.3 Å². The van der Waals surface area contributed by atoms with Gasteiger partial charge < -0.3 is 5.32 Å². The van der Waals surface area contributed by atoms with Crippen molar-refractivity contribution >= 4 is 32.4 Å². The van der Waals surface area contributed by atoms with E-state index in [1.807, 2.05) is 54.6 Å². The van der Waals surface area contributed by atoms with E-state index >= 15 is 0 Å². The van der Waals surface area contributed by atoms with Crippen LogP contribution in [-0.4, -0.2) is 34.6 Å². The highest BCUT2D eigenvalue weighted by Crippen LogP contribution is 2.25. The smallest absolute Gasteiger partial charge is 0.247 e. The molecule has 4 rings (SSSR count). The van der Waals surface area contributed by atoms with Gasteiger partial charge in [-0.1, -0.05) is 42.5 Å². The fourth-order valence-electron chi connectivity index (χ4n) is 2.62. The van der Waals surface area contributed by atoms with Crippen molar-refractivity contribution in [1.29, 1.82) is 0 Å². The maximum absolute atomic E-state index is 11.7. The minimum atomic E-state index is -3.53. The van der Waals surface area contributed by atoms with Crippen LogP contribution in [0.25, 0.3) is 22.2 Å². The van der Waals surface area contributed by atoms with Crippen molar-refractivity contribution in [3.63, 3.8) is 0 Å². The lowest BCUT2D eigenvalue weighted by Crippen LogP contribution is -2.06. The number of fused-ring (bicyclic) bond motifs is 1. The van der Waals surface area contributed by atoms with Crippen LogP contribution >= 0.6 is 0 Å². The normalized spacial score (nSPS) is 11.4. The van der Waals surface area contributed by atoms with E-state index in [-0.39, 0.29) is 5.16 Å². The summed E-state index contributed by atoms with van der Waals surface area (Å²) in [5.41, 5.74) is 3.83. The molecule has 2 aromatic carbocycles. The number of nitrogens with one attached hydrogen (secondary N) is 1. The molecule has 0 fully saturated rings. The third-order valence-corrected chi connectivity index (χ3v) is 4.80. The first-order valence-corrected chi connectivity index (χ1v) is 10.0. The van der Waals surface area contributed by atoms with Gasteiger partial charge >= 0.3 is 0 Å². The van der Waals surface area contributed by atoms with Crippen LogP contribution < -0.4 is 5.32 Å². The molecule has 0 spiro atoms. The zero-order valence-corrected chi connectivity index (χ0v) is 15.2. The van der Waals surface area contributed by atoms with Gasteiger partial charge in [0.15, 0.2) is 5.82 Å². The quantitative estimate of drug-likeness (QED) is 0.545. The monoisotopic (exact) mass is 377 g/mol. The SMILES string of the molecule is CS(=O)(=O)c1ncc2ncnc(Nc3ccc(-c4ccccc4)cc3)c2n1. The van der Waals surface area contributed by atoms with Gasteiger partial charge in [-0.3, -0.25) is 0 Å². The second-order valence-electron chi connectivity index (χ2n) is 5.95. The van der Waals surface area contributed by atoms with Gasteiger partial charge in [0.25, 0.3) is 0 Å². The van der Waals surface area contributed by atoms with E-state index < -0.39 is 9.84 Å². The van der Waals surface area contributed by atoms with Crippen LogP contribution in [0.4, 0.5) is 11.5 Å². The van der Waals surface area contributed by atoms with Gasteiger partial charge in [-0.25, -0.2) is 28.4 Å². The Labute approximate surface area is 156 Å². The van der Waals surface area contributed by atoms with Crippen molar-refractivity contribution in [2.75, 3.05) is 11.6 Å². The van der Waals surface area contributed by atoms with Gasteiger partial charge in [0, 0.05) is 11.9 Å².